The van der Waals surface area contributed by atoms with Crippen LogP contribution in [0.1, 0.15) is 18.6 Å². The average molecular weight is 224 g/mol. The second-order valence-corrected chi connectivity index (χ2v) is 2.95. The highest BCUT2D eigenvalue weighted by molar-refractivity contribution is 5.60. The van der Waals surface area contributed by atoms with Crippen LogP contribution in [0, 0.1) is 0 Å². The molecule has 1 aromatic carbocycles. The van der Waals surface area contributed by atoms with Crippen LogP contribution in [0.4, 0.5) is 4.79 Å². The monoisotopic (exact) mass is 224 g/mol. The molecule has 1 aromatic rings. The van der Waals surface area contributed by atoms with Gasteiger partial charge in [0.05, 0.1) is 0 Å². The van der Waals surface area contributed by atoms with Gasteiger partial charge in [-0.2, -0.15) is 0 Å². The molecule has 0 radical (unpaired) electrons. The normalized spacial score (nSPS) is 11.3. The third-order valence-electron chi connectivity index (χ3n) is 1.85. The van der Waals surface area contributed by atoms with Crippen molar-refractivity contribution in [1.82, 2.24) is 0 Å². The Hall–Kier alpha value is -2.04. The van der Waals surface area contributed by atoms with E-state index >= 15 is 0 Å². The molecule has 0 amide bonds. The van der Waals surface area contributed by atoms with Crippen LogP contribution in [0.15, 0.2) is 30.3 Å². The van der Waals surface area contributed by atoms with Crippen LogP contribution in [0.5, 0.6) is 0 Å². The van der Waals surface area contributed by atoms with Crippen molar-refractivity contribution in [3.8, 4) is 0 Å². The van der Waals surface area contributed by atoms with E-state index in [-0.39, 0.29) is 6.47 Å². The molecule has 0 N–H and O–H groups in total. The van der Waals surface area contributed by atoms with E-state index in [4.69, 9.17) is 4.74 Å². The maximum absolute atomic E-state index is 11.1. The van der Waals surface area contributed by atoms with E-state index in [2.05, 4.69) is 9.47 Å². The van der Waals surface area contributed by atoms with Crippen molar-refractivity contribution in [1.29, 1.82) is 0 Å². The van der Waals surface area contributed by atoms with Gasteiger partial charge in [-0.15, -0.1) is 0 Å². The largest absolute Gasteiger partial charge is 0.511 e. The van der Waals surface area contributed by atoms with E-state index < -0.39 is 19.1 Å². The Morgan fingerprint density at radius 1 is 1.38 bits per heavy atom. The van der Waals surface area contributed by atoms with E-state index in [0.29, 0.717) is 0 Å². The lowest BCUT2D eigenvalue weighted by molar-refractivity contribution is -0.138. The molecule has 0 saturated heterocycles. The predicted molar refractivity (Wildman–Crippen MR) is 54.4 cm³/mol. The molecule has 1 rings (SSSR count). The first-order chi connectivity index (χ1) is 7.74. The number of hydrogen-bond acceptors (Lipinski definition) is 5. The average Bonchev–Trinajstić information content (AvgIpc) is 2.30. The summed E-state index contributed by atoms with van der Waals surface area (Å²) in [7, 11) is 0. The van der Waals surface area contributed by atoms with Gasteiger partial charge >= 0.3 is 6.16 Å². The van der Waals surface area contributed by atoms with Crippen LogP contribution in [-0.4, -0.2) is 19.4 Å². The molecule has 5 nitrogen and oxygen atoms in total. The first kappa shape index (κ1) is 12.0. The summed E-state index contributed by atoms with van der Waals surface area (Å²) in [5.74, 6) is 0. The first-order valence-electron chi connectivity index (χ1n) is 4.67. The van der Waals surface area contributed by atoms with Gasteiger partial charge in [-0.1, -0.05) is 30.3 Å². The van der Waals surface area contributed by atoms with E-state index in [1.54, 1.807) is 6.92 Å². The van der Waals surface area contributed by atoms with Gasteiger partial charge in [0.25, 0.3) is 6.47 Å². The number of hydrogen-bond donors (Lipinski definition) is 0. The smallest absolute Gasteiger partial charge is 0.430 e. The minimum absolute atomic E-state index is 0.188. The zero-order chi connectivity index (χ0) is 11.8. The molecular weight excluding hydrogens is 212 g/mol. The van der Waals surface area contributed by atoms with Crippen molar-refractivity contribution in [2.75, 3.05) is 6.79 Å². The molecule has 1 atom stereocenters. The summed E-state index contributed by atoms with van der Waals surface area (Å²) in [6.45, 7) is 1.47. The van der Waals surface area contributed by atoms with Crippen LogP contribution >= 0.6 is 0 Å². The topological polar surface area (TPSA) is 61.8 Å². The zero-order valence-corrected chi connectivity index (χ0v) is 8.79. The van der Waals surface area contributed by atoms with Crippen LogP contribution in [0.25, 0.3) is 0 Å². The van der Waals surface area contributed by atoms with Crippen molar-refractivity contribution >= 4 is 12.6 Å². The molecule has 0 heterocycles. The highest BCUT2D eigenvalue weighted by Gasteiger charge is 2.12. The molecule has 0 spiro atoms. The van der Waals surface area contributed by atoms with E-state index in [1.165, 1.54) is 0 Å². The van der Waals surface area contributed by atoms with Crippen molar-refractivity contribution < 1.29 is 23.8 Å². The summed E-state index contributed by atoms with van der Waals surface area (Å²) in [5, 5.41) is 0. The molecule has 86 valence electrons. The Bertz CT molecular complexity index is 335. The van der Waals surface area contributed by atoms with Crippen molar-refractivity contribution in [3.63, 3.8) is 0 Å². The van der Waals surface area contributed by atoms with Gasteiger partial charge in [-0.05, 0) is 12.5 Å². The fourth-order valence-corrected chi connectivity index (χ4v) is 1.08. The van der Waals surface area contributed by atoms with Crippen molar-refractivity contribution in [3.05, 3.63) is 35.9 Å². The molecule has 0 aliphatic heterocycles. The fourth-order valence-electron chi connectivity index (χ4n) is 1.08. The number of ether oxygens (including phenoxy) is 3. The molecule has 1 unspecified atom stereocenters. The number of carbonyl (C=O) groups is 2. The Kier molecular flexibility index (Phi) is 4.85. The van der Waals surface area contributed by atoms with Crippen LogP contribution in [0.3, 0.4) is 0 Å². The Morgan fingerprint density at radius 3 is 2.69 bits per heavy atom. The van der Waals surface area contributed by atoms with Gasteiger partial charge in [-0.25, -0.2) is 4.79 Å². The Morgan fingerprint density at radius 2 is 2.06 bits per heavy atom. The van der Waals surface area contributed by atoms with E-state index in [1.807, 2.05) is 30.3 Å². The molecule has 0 aromatic heterocycles. The summed E-state index contributed by atoms with van der Waals surface area (Å²) in [5.41, 5.74) is 0.857. The third kappa shape index (κ3) is 4.00. The highest BCUT2D eigenvalue weighted by Crippen LogP contribution is 2.16. The highest BCUT2D eigenvalue weighted by atomic mass is 16.8. The predicted octanol–water partition coefficient (Wildman–Crippen LogP) is 2.03. The number of benzene rings is 1. The lowest BCUT2D eigenvalue weighted by atomic mass is 10.1. The molecule has 0 aliphatic rings. The summed E-state index contributed by atoms with van der Waals surface area (Å²) in [4.78, 5) is 20.8. The summed E-state index contributed by atoms with van der Waals surface area (Å²) in [6, 6.07) is 9.22. The van der Waals surface area contributed by atoms with Gasteiger partial charge < -0.3 is 14.2 Å². The van der Waals surface area contributed by atoms with Crippen LogP contribution in [-0.2, 0) is 19.0 Å². The van der Waals surface area contributed by atoms with E-state index in [0.717, 1.165) is 5.56 Å². The summed E-state index contributed by atoms with van der Waals surface area (Å²) < 4.78 is 13.6. The quantitative estimate of drug-likeness (QED) is 0.331. The lowest BCUT2D eigenvalue weighted by Crippen LogP contribution is -2.12. The van der Waals surface area contributed by atoms with Gasteiger partial charge in [0.1, 0.15) is 6.10 Å². The molecule has 0 saturated carbocycles. The molecule has 0 fully saturated rings. The van der Waals surface area contributed by atoms with Crippen molar-refractivity contribution in [2.45, 2.75) is 13.0 Å². The molecular formula is C11H12O5. The number of rotatable bonds is 5. The first-order valence-corrected chi connectivity index (χ1v) is 4.67. The number of carbonyl (C=O) groups excluding carboxylic acids is 2. The lowest BCUT2D eigenvalue weighted by Gasteiger charge is -2.12. The maximum Gasteiger partial charge on any atom is 0.511 e. The van der Waals surface area contributed by atoms with Gasteiger partial charge in [0.15, 0.2) is 0 Å². The van der Waals surface area contributed by atoms with Gasteiger partial charge in [0, 0.05) is 0 Å². The van der Waals surface area contributed by atoms with E-state index in [9.17, 15) is 9.59 Å². The zero-order valence-electron chi connectivity index (χ0n) is 8.79. The van der Waals surface area contributed by atoms with Gasteiger partial charge in [-0.3, -0.25) is 4.79 Å². The SMILES string of the molecule is CC(OC(=O)OCOC=O)c1ccccc1. The third-order valence-corrected chi connectivity index (χ3v) is 1.85. The Labute approximate surface area is 92.9 Å². The van der Waals surface area contributed by atoms with Gasteiger partial charge in [0.2, 0.25) is 6.79 Å². The minimum atomic E-state index is -0.877. The van der Waals surface area contributed by atoms with Crippen LogP contribution < -0.4 is 0 Å². The standard InChI is InChI=1S/C11H12O5/c1-9(10-5-3-2-4-6-10)16-11(13)15-8-14-7-12/h2-7,9H,8H2,1H3. The minimum Gasteiger partial charge on any atom is -0.430 e. The van der Waals surface area contributed by atoms with Crippen molar-refractivity contribution in [2.24, 2.45) is 0 Å². The fraction of sp³-hybridized carbons (Fsp3) is 0.273. The molecule has 0 bridgehead atoms. The van der Waals surface area contributed by atoms with Crippen LogP contribution in [0.2, 0.25) is 0 Å². The molecule has 0 aliphatic carbocycles. The Balaban J connectivity index is 2.36. The molecule has 16 heavy (non-hydrogen) atoms. The summed E-state index contributed by atoms with van der Waals surface area (Å²) >= 11 is 0. The molecule has 5 heteroatoms. The second kappa shape index (κ2) is 6.44. The second-order valence-electron chi connectivity index (χ2n) is 2.95. The summed E-state index contributed by atoms with van der Waals surface area (Å²) in [6.07, 6.45) is -1.29. The maximum atomic E-state index is 11.1.